The summed E-state index contributed by atoms with van der Waals surface area (Å²) in [6.45, 7) is 0.929. The van der Waals surface area contributed by atoms with Gasteiger partial charge in [0, 0.05) is 12.6 Å². The molecule has 0 aromatic heterocycles. The number of nitrogens with two attached hydrogens (primary N) is 1. The highest BCUT2D eigenvalue weighted by molar-refractivity contribution is 5.85. The normalized spacial score (nSPS) is 18.0. The third-order valence-electron chi connectivity index (χ3n) is 3.52. The molecule has 1 heterocycles. The number of methoxy groups -OCH3 is 1. The van der Waals surface area contributed by atoms with Gasteiger partial charge in [-0.2, -0.15) is 0 Å². The summed E-state index contributed by atoms with van der Waals surface area (Å²) >= 11 is 0. The molecule has 1 amide bonds. The second-order valence-corrected chi connectivity index (χ2v) is 4.60. The number of halogens is 1. The first kappa shape index (κ1) is 15.8. The first-order valence-corrected chi connectivity index (χ1v) is 6.37. The molecule has 2 rings (SSSR count). The number of para-hydroxylation sites is 1. The molecule has 1 aliphatic heterocycles. The summed E-state index contributed by atoms with van der Waals surface area (Å²) in [7, 11) is 1.68. The number of hydrogen-bond acceptors (Lipinski definition) is 3. The van der Waals surface area contributed by atoms with Crippen molar-refractivity contribution < 1.29 is 9.53 Å². The number of likely N-dealkylation sites (tertiary alicyclic amines) is 1. The first-order valence-electron chi connectivity index (χ1n) is 6.37. The van der Waals surface area contributed by atoms with Gasteiger partial charge in [-0.3, -0.25) is 4.79 Å². The summed E-state index contributed by atoms with van der Waals surface area (Å²) in [5, 5.41) is 0. The van der Waals surface area contributed by atoms with E-state index in [-0.39, 0.29) is 30.9 Å². The van der Waals surface area contributed by atoms with E-state index in [9.17, 15) is 4.79 Å². The Bertz CT molecular complexity index is 426. The number of benzene rings is 1. The predicted octanol–water partition coefficient (Wildman–Crippen LogP) is 1.61. The third-order valence-corrected chi connectivity index (χ3v) is 3.52. The lowest BCUT2D eigenvalue weighted by atomic mass is 10.0. The lowest BCUT2D eigenvalue weighted by Crippen LogP contribution is -2.40. The molecule has 0 saturated carbocycles. The van der Waals surface area contributed by atoms with Crippen LogP contribution in [0, 0.1) is 0 Å². The molecule has 5 heteroatoms. The van der Waals surface area contributed by atoms with Gasteiger partial charge in [-0.1, -0.05) is 18.2 Å². The summed E-state index contributed by atoms with van der Waals surface area (Å²) in [6.07, 6.45) is 2.95. The van der Waals surface area contributed by atoms with E-state index in [1.54, 1.807) is 7.11 Å². The molecule has 0 aliphatic carbocycles. The maximum Gasteiger partial charge on any atom is 0.236 e. The molecule has 1 aromatic carbocycles. The summed E-state index contributed by atoms with van der Waals surface area (Å²) in [6, 6.07) is 8.24. The van der Waals surface area contributed by atoms with Crippen LogP contribution in [0.4, 0.5) is 0 Å². The van der Waals surface area contributed by atoms with Gasteiger partial charge in [-0.25, -0.2) is 0 Å². The quantitative estimate of drug-likeness (QED) is 0.914. The van der Waals surface area contributed by atoms with E-state index in [1.165, 1.54) is 0 Å². The smallest absolute Gasteiger partial charge is 0.236 e. The van der Waals surface area contributed by atoms with Gasteiger partial charge in [0.15, 0.2) is 0 Å². The maximum atomic E-state index is 11.7. The van der Waals surface area contributed by atoms with Crippen molar-refractivity contribution >= 4 is 18.3 Å². The van der Waals surface area contributed by atoms with Gasteiger partial charge in [0.1, 0.15) is 5.75 Å². The van der Waals surface area contributed by atoms with E-state index in [1.807, 2.05) is 23.1 Å². The minimum absolute atomic E-state index is 0. The molecule has 0 spiro atoms. The molecule has 1 atom stereocenters. The average molecular weight is 285 g/mol. The Kier molecular flexibility index (Phi) is 6.12. The van der Waals surface area contributed by atoms with E-state index >= 15 is 0 Å². The van der Waals surface area contributed by atoms with Crippen molar-refractivity contribution in [3.63, 3.8) is 0 Å². The Labute approximate surface area is 120 Å². The van der Waals surface area contributed by atoms with Crippen LogP contribution in [-0.2, 0) is 11.2 Å². The molecule has 19 heavy (non-hydrogen) atoms. The van der Waals surface area contributed by atoms with Gasteiger partial charge in [0.25, 0.3) is 0 Å². The monoisotopic (exact) mass is 284 g/mol. The fourth-order valence-electron chi connectivity index (χ4n) is 2.62. The Morgan fingerprint density at radius 3 is 2.89 bits per heavy atom. The zero-order chi connectivity index (χ0) is 13.0. The van der Waals surface area contributed by atoms with Crippen molar-refractivity contribution in [2.45, 2.75) is 25.3 Å². The van der Waals surface area contributed by atoms with Crippen molar-refractivity contribution in [2.24, 2.45) is 5.73 Å². The van der Waals surface area contributed by atoms with Gasteiger partial charge in [0.05, 0.1) is 13.7 Å². The Balaban J connectivity index is 0.00000180. The molecule has 0 radical (unpaired) electrons. The Morgan fingerprint density at radius 2 is 2.21 bits per heavy atom. The largest absolute Gasteiger partial charge is 0.496 e. The van der Waals surface area contributed by atoms with Crippen molar-refractivity contribution in [2.75, 3.05) is 20.2 Å². The van der Waals surface area contributed by atoms with Gasteiger partial charge >= 0.3 is 0 Å². The molecular formula is C14H21ClN2O2. The van der Waals surface area contributed by atoms with Crippen molar-refractivity contribution in [1.82, 2.24) is 4.90 Å². The lowest BCUT2D eigenvalue weighted by molar-refractivity contribution is -0.130. The SMILES string of the molecule is COc1ccccc1CC1CCCN1C(=O)CN.Cl. The van der Waals surface area contributed by atoms with E-state index in [0.717, 1.165) is 37.1 Å². The zero-order valence-electron chi connectivity index (χ0n) is 11.2. The minimum atomic E-state index is 0. The first-order chi connectivity index (χ1) is 8.76. The van der Waals surface area contributed by atoms with Gasteiger partial charge in [-0.05, 0) is 30.9 Å². The molecule has 2 N–H and O–H groups in total. The molecule has 1 fully saturated rings. The average Bonchev–Trinajstić information content (AvgIpc) is 2.86. The third kappa shape index (κ3) is 3.61. The Morgan fingerprint density at radius 1 is 1.47 bits per heavy atom. The van der Waals surface area contributed by atoms with Crippen LogP contribution in [0.3, 0.4) is 0 Å². The van der Waals surface area contributed by atoms with Crippen LogP contribution in [0.5, 0.6) is 5.75 Å². The number of hydrogen-bond donors (Lipinski definition) is 1. The van der Waals surface area contributed by atoms with Gasteiger partial charge in [0.2, 0.25) is 5.91 Å². The highest BCUT2D eigenvalue weighted by Gasteiger charge is 2.28. The van der Waals surface area contributed by atoms with E-state index in [0.29, 0.717) is 0 Å². The fourth-order valence-corrected chi connectivity index (χ4v) is 2.62. The van der Waals surface area contributed by atoms with Crippen molar-refractivity contribution in [1.29, 1.82) is 0 Å². The highest BCUT2D eigenvalue weighted by atomic mass is 35.5. The zero-order valence-corrected chi connectivity index (χ0v) is 12.0. The van der Waals surface area contributed by atoms with Crippen LogP contribution >= 0.6 is 12.4 Å². The standard InChI is InChI=1S/C14H20N2O2.ClH/c1-18-13-7-3-2-5-11(13)9-12-6-4-8-16(12)14(17)10-15;/h2-3,5,7,12H,4,6,8-10,15H2,1H3;1H. The summed E-state index contributed by atoms with van der Waals surface area (Å²) in [4.78, 5) is 13.6. The number of carbonyl (C=O) groups excluding carboxylic acids is 1. The molecule has 1 unspecified atom stereocenters. The van der Waals surface area contributed by atoms with Crippen molar-refractivity contribution in [3.8, 4) is 5.75 Å². The van der Waals surface area contributed by atoms with Crippen molar-refractivity contribution in [3.05, 3.63) is 29.8 Å². The molecule has 1 aliphatic rings. The van der Waals surface area contributed by atoms with E-state index < -0.39 is 0 Å². The van der Waals surface area contributed by atoms with Gasteiger partial charge < -0.3 is 15.4 Å². The second kappa shape index (κ2) is 7.36. The van der Waals surface area contributed by atoms with Crippen LogP contribution < -0.4 is 10.5 Å². The maximum absolute atomic E-state index is 11.7. The molecular weight excluding hydrogens is 264 g/mol. The number of amides is 1. The predicted molar refractivity (Wildman–Crippen MR) is 77.7 cm³/mol. The fraction of sp³-hybridized carbons (Fsp3) is 0.500. The van der Waals surface area contributed by atoms with Crippen LogP contribution in [0.2, 0.25) is 0 Å². The lowest BCUT2D eigenvalue weighted by Gasteiger charge is -2.24. The minimum Gasteiger partial charge on any atom is -0.496 e. The second-order valence-electron chi connectivity index (χ2n) is 4.60. The molecule has 1 aromatic rings. The van der Waals surface area contributed by atoms with E-state index in [2.05, 4.69) is 6.07 Å². The molecule has 106 valence electrons. The number of nitrogens with zero attached hydrogens (tertiary/aromatic N) is 1. The van der Waals surface area contributed by atoms with Crippen LogP contribution in [0.25, 0.3) is 0 Å². The highest BCUT2D eigenvalue weighted by Crippen LogP contribution is 2.25. The van der Waals surface area contributed by atoms with Crippen LogP contribution in [-0.4, -0.2) is 37.0 Å². The molecule has 1 saturated heterocycles. The van der Waals surface area contributed by atoms with Gasteiger partial charge in [-0.15, -0.1) is 12.4 Å². The number of carbonyl (C=O) groups is 1. The summed E-state index contributed by atoms with van der Waals surface area (Å²) in [5.41, 5.74) is 6.60. The topological polar surface area (TPSA) is 55.6 Å². The Hall–Kier alpha value is -1.26. The van der Waals surface area contributed by atoms with E-state index in [4.69, 9.17) is 10.5 Å². The van der Waals surface area contributed by atoms with Crippen LogP contribution in [0.1, 0.15) is 18.4 Å². The number of ether oxygens (including phenoxy) is 1. The van der Waals surface area contributed by atoms with Crippen LogP contribution in [0.15, 0.2) is 24.3 Å². The molecule has 0 bridgehead atoms. The molecule has 4 nitrogen and oxygen atoms in total. The summed E-state index contributed by atoms with van der Waals surface area (Å²) in [5.74, 6) is 0.942. The summed E-state index contributed by atoms with van der Waals surface area (Å²) < 4.78 is 5.35. The number of rotatable bonds is 4.